The van der Waals surface area contributed by atoms with E-state index in [1.165, 1.54) is 16.6 Å². The molecule has 1 unspecified atom stereocenters. The van der Waals surface area contributed by atoms with Crippen LogP contribution in [-0.2, 0) is 10.0 Å². The maximum absolute atomic E-state index is 12.9. The van der Waals surface area contributed by atoms with Crippen LogP contribution in [0.4, 0.5) is 0 Å². The smallest absolute Gasteiger partial charge is 0.242 e. The molecule has 0 radical (unpaired) electrons. The van der Waals surface area contributed by atoms with E-state index in [1.807, 2.05) is 17.5 Å². The van der Waals surface area contributed by atoms with E-state index in [2.05, 4.69) is 20.9 Å². The molecule has 21 heavy (non-hydrogen) atoms. The zero-order valence-electron chi connectivity index (χ0n) is 10.9. The molecule has 0 aliphatic carbocycles. The Kier molecular flexibility index (Phi) is 4.38. The molecule has 1 aliphatic rings. The second kappa shape index (κ2) is 5.96. The Morgan fingerprint density at radius 3 is 3.00 bits per heavy atom. The van der Waals surface area contributed by atoms with Crippen molar-refractivity contribution in [1.82, 2.24) is 9.29 Å². The lowest BCUT2D eigenvalue weighted by Gasteiger charge is -2.23. The molecule has 3 rings (SSSR count). The minimum atomic E-state index is -3.65. The largest absolute Gasteiger partial charge is 0.246 e. The van der Waals surface area contributed by atoms with Gasteiger partial charge in [0.1, 0.15) is 10.0 Å². The Labute approximate surface area is 140 Å². The van der Waals surface area contributed by atoms with Crippen molar-refractivity contribution >= 4 is 48.9 Å². The van der Waals surface area contributed by atoms with Gasteiger partial charge in [0.2, 0.25) is 10.0 Å². The van der Waals surface area contributed by atoms with Crippen LogP contribution in [-0.4, -0.2) is 24.3 Å². The highest BCUT2D eigenvalue weighted by atomic mass is 79.9. The topological polar surface area (TPSA) is 50.3 Å². The summed E-state index contributed by atoms with van der Waals surface area (Å²) in [4.78, 5) is 5.04. The third kappa shape index (κ3) is 2.90. The van der Waals surface area contributed by atoms with E-state index >= 15 is 0 Å². The summed E-state index contributed by atoms with van der Waals surface area (Å²) in [5.74, 6) is 0. The quantitative estimate of drug-likeness (QED) is 0.720. The number of pyridine rings is 1. The van der Waals surface area contributed by atoms with Crippen molar-refractivity contribution in [3.05, 3.63) is 44.3 Å². The fourth-order valence-electron chi connectivity index (χ4n) is 2.50. The summed E-state index contributed by atoms with van der Waals surface area (Å²) in [6.07, 6.45) is 3.17. The molecule has 112 valence electrons. The van der Waals surface area contributed by atoms with E-state index in [0.29, 0.717) is 11.0 Å². The Morgan fingerprint density at radius 2 is 2.29 bits per heavy atom. The first-order chi connectivity index (χ1) is 10.00. The summed E-state index contributed by atoms with van der Waals surface area (Å²) >= 11 is 10.8. The summed E-state index contributed by atoms with van der Waals surface area (Å²) in [6.45, 7) is 0.508. The predicted octanol–water partition coefficient (Wildman–Crippen LogP) is 4.08. The number of aromatic nitrogens is 1. The van der Waals surface area contributed by atoms with Gasteiger partial charge in [-0.2, -0.15) is 4.31 Å². The zero-order valence-corrected chi connectivity index (χ0v) is 14.8. The molecule has 0 amide bonds. The highest BCUT2D eigenvalue weighted by Crippen LogP contribution is 2.39. The monoisotopic (exact) mass is 406 g/mol. The Hall–Kier alpha value is -0.470. The second-order valence-electron chi connectivity index (χ2n) is 4.73. The van der Waals surface area contributed by atoms with Crippen molar-refractivity contribution in [3.63, 3.8) is 0 Å². The minimum absolute atomic E-state index is 0.00929. The average Bonchev–Trinajstić information content (AvgIpc) is 3.10. The van der Waals surface area contributed by atoms with Gasteiger partial charge in [0.25, 0.3) is 0 Å². The molecule has 0 saturated carbocycles. The molecule has 4 nitrogen and oxygen atoms in total. The molecule has 1 saturated heterocycles. The minimum Gasteiger partial charge on any atom is -0.242 e. The summed E-state index contributed by atoms with van der Waals surface area (Å²) < 4.78 is 27.9. The zero-order chi connectivity index (χ0) is 15.0. The number of rotatable bonds is 3. The number of nitrogens with zero attached hydrogens (tertiary/aromatic N) is 2. The van der Waals surface area contributed by atoms with Crippen LogP contribution in [0, 0.1) is 0 Å². The maximum atomic E-state index is 12.9. The Balaban J connectivity index is 2.03. The lowest BCUT2D eigenvalue weighted by atomic mass is 10.2. The fraction of sp³-hybridized carbons (Fsp3) is 0.308. The van der Waals surface area contributed by atoms with Gasteiger partial charge >= 0.3 is 0 Å². The van der Waals surface area contributed by atoms with Crippen molar-refractivity contribution in [2.75, 3.05) is 6.54 Å². The molecule has 1 fully saturated rings. The average molecular weight is 408 g/mol. The molecule has 0 bridgehead atoms. The molecule has 1 atom stereocenters. The molecule has 8 heteroatoms. The van der Waals surface area contributed by atoms with Gasteiger partial charge in [0, 0.05) is 22.1 Å². The lowest BCUT2D eigenvalue weighted by Crippen LogP contribution is -2.30. The first-order valence-electron chi connectivity index (χ1n) is 6.36. The van der Waals surface area contributed by atoms with Crippen LogP contribution in [0.5, 0.6) is 0 Å². The number of hydrogen-bond acceptors (Lipinski definition) is 4. The van der Waals surface area contributed by atoms with Gasteiger partial charge in [-0.1, -0.05) is 17.7 Å². The van der Waals surface area contributed by atoms with E-state index in [9.17, 15) is 8.42 Å². The molecular formula is C13H12BrClN2O2S2. The summed E-state index contributed by atoms with van der Waals surface area (Å²) in [5, 5.41) is 1.97. The standard InChI is InChI=1S/C13H12BrClN2O2S2/c14-9-7-12(13(15)16-8-9)21(18,19)17-5-1-3-10(17)11-4-2-6-20-11/h2,4,6-8,10H,1,3,5H2. The number of sulfonamides is 1. The van der Waals surface area contributed by atoms with Gasteiger partial charge in [-0.05, 0) is 46.3 Å². The van der Waals surface area contributed by atoms with Crippen molar-refractivity contribution in [2.45, 2.75) is 23.8 Å². The number of hydrogen-bond donors (Lipinski definition) is 0. The van der Waals surface area contributed by atoms with E-state index in [4.69, 9.17) is 11.6 Å². The fourth-order valence-corrected chi connectivity index (χ4v) is 6.04. The Morgan fingerprint density at radius 1 is 1.48 bits per heavy atom. The van der Waals surface area contributed by atoms with Crippen molar-refractivity contribution < 1.29 is 8.42 Å². The van der Waals surface area contributed by atoms with Gasteiger partial charge in [-0.25, -0.2) is 13.4 Å². The summed E-state index contributed by atoms with van der Waals surface area (Å²) in [7, 11) is -3.65. The van der Waals surface area contributed by atoms with Crippen LogP contribution in [0.2, 0.25) is 5.15 Å². The predicted molar refractivity (Wildman–Crippen MR) is 87.1 cm³/mol. The third-order valence-corrected chi connectivity index (χ3v) is 7.18. The molecule has 2 aromatic rings. The summed E-state index contributed by atoms with van der Waals surface area (Å²) in [5.41, 5.74) is 0. The third-order valence-electron chi connectivity index (χ3n) is 3.44. The van der Waals surface area contributed by atoms with Crippen LogP contribution in [0.3, 0.4) is 0 Å². The van der Waals surface area contributed by atoms with Crippen LogP contribution in [0.1, 0.15) is 23.8 Å². The van der Waals surface area contributed by atoms with Crippen molar-refractivity contribution in [2.24, 2.45) is 0 Å². The first-order valence-corrected chi connectivity index (χ1v) is 9.85. The van der Waals surface area contributed by atoms with Gasteiger partial charge in [0.15, 0.2) is 0 Å². The van der Waals surface area contributed by atoms with Gasteiger partial charge < -0.3 is 0 Å². The van der Waals surface area contributed by atoms with Gasteiger partial charge in [-0.15, -0.1) is 11.3 Å². The van der Waals surface area contributed by atoms with Crippen molar-refractivity contribution in [3.8, 4) is 0 Å². The maximum Gasteiger partial charge on any atom is 0.246 e. The van der Waals surface area contributed by atoms with Gasteiger partial charge in [-0.3, -0.25) is 0 Å². The molecular weight excluding hydrogens is 396 g/mol. The van der Waals surface area contributed by atoms with E-state index in [1.54, 1.807) is 11.3 Å². The first kappa shape index (κ1) is 15.4. The molecule has 0 aromatic carbocycles. The van der Waals surface area contributed by atoms with Crippen LogP contribution >= 0.6 is 38.9 Å². The van der Waals surface area contributed by atoms with Crippen LogP contribution < -0.4 is 0 Å². The normalized spacial score (nSPS) is 20.0. The molecule has 3 heterocycles. The molecule has 0 spiro atoms. The number of thiophene rings is 1. The highest BCUT2D eigenvalue weighted by molar-refractivity contribution is 9.10. The van der Waals surface area contributed by atoms with E-state index in [0.717, 1.165) is 17.7 Å². The SMILES string of the molecule is O=S(=O)(c1cc(Br)cnc1Cl)N1CCCC1c1cccs1. The second-order valence-corrected chi connectivity index (χ2v) is 8.84. The highest BCUT2D eigenvalue weighted by Gasteiger charge is 2.38. The number of halogens is 2. The molecule has 1 aliphatic heterocycles. The van der Waals surface area contributed by atoms with Gasteiger partial charge in [0.05, 0.1) is 6.04 Å². The lowest BCUT2D eigenvalue weighted by molar-refractivity contribution is 0.401. The van der Waals surface area contributed by atoms with E-state index < -0.39 is 10.0 Å². The van der Waals surface area contributed by atoms with Crippen molar-refractivity contribution in [1.29, 1.82) is 0 Å². The van der Waals surface area contributed by atoms with Crippen LogP contribution in [0.25, 0.3) is 0 Å². The molecule has 2 aromatic heterocycles. The Bertz CT molecular complexity index is 750. The van der Waals surface area contributed by atoms with E-state index in [-0.39, 0.29) is 16.1 Å². The summed E-state index contributed by atoms with van der Waals surface area (Å²) in [6, 6.07) is 5.32. The van der Waals surface area contributed by atoms with Crippen LogP contribution in [0.15, 0.2) is 39.1 Å². The molecule has 0 N–H and O–H groups in total.